The van der Waals surface area contributed by atoms with Crippen molar-refractivity contribution in [3.05, 3.63) is 51.4 Å². The number of halogens is 1. The van der Waals surface area contributed by atoms with E-state index < -0.39 is 0 Å². The Hall–Kier alpha value is -1.43. The number of hydrogen-bond donors (Lipinski definition) is 0. The van der Waals surface area contributed by atoms with Crippen LogP contribution in [0, 0.1) is 5.92 Å². The quantitative estimate of drug-likeness (QED) is 0.866. The summed E-state index contributed by atoms with van der Waals surface area (Å²) in [5, 5.41) is 2.64. The fourth-order valence-electron chi connectivity index (χ4n) is 3.42. The van der Waals surface area contributed by atoms with Gasteiger partial charge < -0.3 is 4.90 Å². The molecule has 6 heteroatoms. The van der Waals surface area contributed by atoms with Crippen LogP contribution in [0.5, 0.6) is 0 Å². The molecule has 2 fully saturated rings. The molecule has 0 bridgehead atoms. The zero-order valence-corrected chi connectivity index (χ0v) is 13.6. The number of thiazole rings is 1. The smallest absolute Gasteiger partial charge is 0.273 e. The summed E-state index contributed by atoms with van der Waals surface area (Å²) >= 11 is 7.70. The Labute approximate surface area is 138 Å². The number of aromatic nitrogens is 1. The van der Waals surface area contributed by atoms with Crippen LogP contribution < -0.4 is 0 Å². The number of carbonyl (C=O) groups is 1. The van der Waals surface area contributed by atoms with E-state index in [9.17, 15) is 4.79 Å². The average Bonchev–Trinajstić information content (AvgIpc) is 3.14. The highest BCUT2D eigenvalue weighted by atomic mass is 35.5. The van der Waals surface area contributed by atoms with Crippen molar-refractivity contribution >= 4 is 28.8 Å². The molecule has 0 saturated carbocycles. The Morgan fingerprint density at radius 2 is 2.18 bits per heavy atom. The second-order valence-electron chi connectivity index (χ2n) is 5.93. The average molecular weight is 334 g/mol. The van der Waals surface area contributed by atoms with Crippen molar-refractivity contribution in [3.8, 4) is 0 Å². The van der Waals surface area contributed by atoms with E-state index in [0.717, 1.165) is 36.8 Å². The maximum atomic E-state index is 12.4. The summed E-state index contributed by atoms with van der Waals surface area (Å²) in [6.07, 6.45) is 0. The van der Waals surface area contributed by atoms with Crippen molar-refractivity contribution < 1.29 is 4.79 Å². The topological polar surface area (TPSA) is 36.4 Å². The summed E-state index contributed by atoms with van der Waals surface area (Å²) in [4.78, 5) is 20.9. The molecule has 0 spiro atoms. The molecular weight excluding hydrogens is 318 g/mol. The van der Waals surface area contributed by atoms with Gasteiger partial charge in [-0.05, 0) is 11.6 Å². The van der Waals surface area contributed by atoms with Crippen molar-refractivity contribution in [2.45, 2.75) is 12.6 Å². The number of amides is 1. The highest BCUT2D eigenvalue weighted by Gasteiger charge is 2.46. The van der Waals surface area contributed by atoms with Gasteiger partial charge in [-0.1, -0.05) is 29.8 Å². The maximum Gasteiger partial charge on any atom is 0.273 e. The Balaban J connectivity index is 1.41. The largest absolute Gasteiger partial charge is 0.335 e. The van der Waals surface area contributed by atoms with Crippen LogP contribution in [-0.2, 0) is 6.54 Å². The van der Waals surface area contributed by atoms with E-state index in [4.69, 9.17) is 11.6 Å². The van der Waals surface area contributed by atoms with Gasteiger partial charge in [0.15, 0.2) is 0 Å². The summed E-state index contributed by atoms with van der Waals surface area (Å²) < 4.78 is 0. The van der Waals surface area contributed by atoms with E-state index in [-0.39, 0.29) is 5.91 Å². The second kappa shape index (κ2) is 5.65. The van der Waals surface area contributed by atoms with Gasteiger partial charge in [0.25, 0.3) is 5.91 Å². The van der Waals surface area contributed by atoms with Crippen molar-refractivity contribution in [3.63, 3.8) is 0 Å². The number of fused-ring (bicyclic) bond motifs is 1. The van der Waals surface area contributed by atoms with Crippen LogP contribution in [0.4, 0.5) is 0 Å². The molecule has 4 rings (SSSR count). The number of benzene rings is 1. The van der Waals surface area contributed by atoms with Crippen LogP contribution in [0.15, 0.2) is 35.2 Å². The number of hydrogen-bond acceptors (Lipinski definition) is 4. The molecule has 3 heterocycles. The summed E-state index contributed by atoms with van der Waals surface area (Å²) in [6, 6.07) is 8.43. The van der Waals surface area contributed by atoms with Gasteiger partial charge in [-0.2, -0.15) is 0 Å². The Morgan fingerprint density at radius 1 is 1.32 bits per heavy atom. The third kappa shape index (κ3) is 2.43. The first kappa shape index (κ1) is 14.2. The van der Waals surface area contributed by atoms with Crippen LogP contribution in [-0.4, -0.2) is 46.4 Å². The molecule has 0 radical (unpaired) electrons. The lowest BCUT2D eigenvalue weighted by Crippen LogP contribution is -2.54. The summed E-state index contributed by atoms with van der Waals surface area (Å²) in [7, 11) is 0. The molecule has 2 aromatic rings. The van der Waals surface area contributed by atoms with Gasteiger partial charge in [-0.25, -0.2) is 4.98 Å². The summed E-state index contributed by atoms with van der Waals surface area (Å²) in [6.45, 7) is 3.54. The van der Waals surface area contributed by atoms with Crippen LogP contribution in [0.25, 0.3) is 0 Å². The predicted molar refractivity (Wildman–Crippen MR) is 87.2 cm³/mol. The maximum absolute atomic E-state index is 12.4. The highest BCUT2D eigenvalue weighted by molar-refractivity contribution is 7.07. The van der Waals surface area contributed by atoms with Gasteiger partial charge >= 0.3 is 0 Å². The minimum Gasteiger partial charge on any atom is -0.335 e. The van der Waals surface area contributed by atoms with Gasteiger partial charge in [0.2, 0.25) is 0 Å². The number of carbonyl (C=O) groups excluding carboxylic acids is 1. The Morgan fingerprint density at radius 3 is 2.95 bits per heavy atom. The normalized spacial score (nSPS) is 24.1. The van der Waals surface area contributed by atoms with E-state index in [0.29, 0.717) is 17.7 Å². The van der Waals surface area contributed by atoms with Crippen LogP contribution in [0.2, 0.25) is 5.02 Å². The predicted octanol–water partition coefficient (Wildman–Crippen LogP) is 2.75. The first-order valence-corrected chi connectivity index (χ1v) is 8.69. The van der Waals surface area contributed by atoms with Gasteiger partial charge in [-0.15, -0.1) is 11.3 Å². The Bertz CT molecular complexity index is 690. The lowest BCUT2D eigenvalue weighted by molar-refractivity contribution is 0.0433. The molecule has 2 atom stereocenters. The minimum absolute atomic E-state index is 0.0633. The first-order chi connectivity index (χ1) is 10.7. The zero-order valence-electron chi connectivity index (χ0n) is 12.0. The van der Waals surface area contributed by atoms with Crippen molar-refractivity contribution in [1.29, 1.82) is 0 Å². The van der Waals surface area contributed by atoms with E-state index >= 15 is 0 Å². The van der Waals surface area contributed by atoms with Crippen molar-refractivity contribution in [2.75, 3.05) is 19.6 Å². The minimum atomic E-state index is 0.0633. The number of nitrogens with zero attached hydrogens (tertiary/aromatic N) is 3. The number of likely N-dealkylation sites (tertiary alicyclic amines) is 2. The molecule has 2 aliphatic heterocycles. The van der Waals surface area contributed by atoms with Crippen LogP contribution in [0.3, 0.4) is 0 Å². The first-order valence-electron chi connectivity index (χ1n) is 7.37. The van der Waals surface area contributed by atoms with E-state index in [2.05, 4.69) is 16.0 Å². The molecule has 1 amide bonds. The standard InChI is InChI=1S/C16H16ClN3OS/c17-13-4-2-1-3-11(13)5-19-6-12-7-20(8-15(12)19)16(21)14-9-22-10-18-14/h1-4,9-10,12,15H,5-8H2. The molecular formula is C16H16ClN3OS. The molecule has 114 valence electrons. The van der Waals surface area contributed by atoms with E-state index in [1.165, 1.54) is 11.3 Å². The molecule has 2 aliphatic rings. The van der Waals surface area contributed by atoms with Crippen LogP contribution >= 0.6 is 22.9 Å². The zero-order chi connectivity index (χ0) is 15.1. The molecule has 4 nitrogen and oxygen atoms in total. The van der Waals surface area contributed by atoms with Gasteiger partial charge in [0.1, 0.15) is 5.69 Å². The number of rotatable bonds is 3. The third-order valence-electron chi connectivity index (χ3n) is 4.61. The molecule has 1 aromatic heterocycles. The SMILES string of the molecule is O=C(c1cscn1)N1CC2CN(Cc3ccccc3Cl)C2C1. The van der Waals surface area contributed by atoms with Gasteiger partial charge in [0, 0.05) is 48.5 Å². The third-order valence-corrected chi connectivity index (χ3v) is 5.57. The molecule has 2 unspecified atom stereocenters. The summed E-state index contributed by atoms with van der Waals surface area (Å²) in [5.74, 6) is 0.651. The van der Waals surface area contributed by atoms with E-state index in [1.807, 2.05) is 28.5 Å². The van der Waals surface area contributed by atoms with Crippen LogP contribution in [0.1, 0.15) is 16.1 Å². The molecule has 0 N–H and O–H groups in total. The molecule has 22 heavy (non-hydrogen) atoms. The highest BCUT2D eigenvalue weighted by Crippen LogP contribution is 2.35. The monoisotopic (exact) mass is 333 g/mol. The molecule has 1 aromatic carbocycles. The lowest BCUT2D eigenvalue weighted by Gasteiger charge is -2.43. The van der Waals surface area contributed by atoms with Gasteiger partial charge in [-0.3, -0.25) is 9.69 Å². The second-order valence-corrected chi connectivity index (χ2v) is 7.06. The van der Waals surface area contributed by atoms with Crippen molar-refractivity contribution in [2.24, 2.45) is 5.92 Å². The fourth-order valence-corrected chi connectivity index (χ4v) is 4.14. The lowest BCUT2D eigenvalue weighted by atomic mass is 9.91. The molecule has 0 aliphatic carbocycles. The van der Waals surface area contributed by atoms with Crippen molar-refractivity contribution in [1.82, 2.24) is 14.8 Å². The summed E-state index contributed by atoms with van der Waals surface area (Å²) in [5.41, 5.74) is 3.44. The Kier molecular flexibility index (Phi) is 3.64. The van der Waals surface area contributed by atoms with Gasteiger partial charge in [0.05, 0.1) is 5.51 Å². The molecule has 2 saturated heterocycles. The fraction of sp³-hybridized carbons (Fsp3) is 0.375. The van der Waals surface area contributed by atoms with E-state index in [1.54, 1.807) is 5.51 Å².